The number of nitrogens with zero attached hydrogens (tertiary/aromatic N) is 3. The Bertz CT molecular complexity index is 1080. The summed E-state index contributed by atoms with van der Waals surface area (Å²) in [5.74, 6) is -0.221. The van der Waals surface area contributed by atoms with Crippen molar-refractivity contribution in [3.63, 3.8) is 0 Å². The molecule has 0 N–H and O–H groups in total. The third kappa shape index (κ3) is 2.91. The molecule has 8 nitrogen and oxygen atoms in total. The summed E-state index contributed by atoms with van der Waals surface area (Å²) in [6, 6.07) is 9.89. The van der Waals surface area contributed by atoms with Gasteiger partial charge >= 0.3 is 6.03 Å². The lowest BCUT2D eigenvalue weighted by atomic mass is 10.1. The minimum atomic E-state index is -3.29. The van der Waals surface area contributed by atoms with Crippen LogP contribution in [-0.4, -0.2) is 43.0 Å². The van der Waals surface area contributed by atoms with Crippen LogP contribution in [0.25, 0.3) is 0 Å². The third-order valence-electron chi connectivity index (χ3n) is 5.48. The second kappa shape index (κ2) is 6.30. The number of carbonyl (C=O) groups excluding carboxylic acids is 1. The number of benzene rings is 2. The topological polar surface area (TPSA) is 101 Å². The number of sulfone groups is 1. The van der Waals surface area contributed by atoms with Crippen molar-refractivity contribution >= 4 is 32.9 Å². The Hall–Kier alpha value is -2.94. The van der Waals surface area contributed by atoms with Crippen molar-refractivity contribution in [2.45, 2.75) is 25.9 Å². The van der Waals surface area contributed by atoms with Gasteiger partial charge in [0, 0.05) is 23.5 Å². The monoisotopic (exact) mass is 401 g/mol. The van der Waals surface area contributed by atoms with Gasteiger partial charge < -0.3 is 0 Å². The number of hydrogen-bond acceptors (Lipinski definition) is 5. The van der Waals surface area contributed by atoms with Crippen LogP contribution in [0.3, 0.4) is 0 Å². The van der Waals surface area contributed by atoms with Crippen molar-refractivity contribution in [3.05, 3.63) is 63.7 Å². The van der Waals surface area contributed by atoms with Crippen LogP contribution in [0.15, 0.2) is 42.5 Å². The number of nitro benzene ring substituents is 1. The van der Waals surface area contributed by atoms with E-state index in [1.165, 1.54) is 29.2 Å². The molecule has 0 aliphatic carbocycles. The third-order valence-corrected chi connectivity index (χ3v) is 7.18. The zero-order valence-corrected chi connectivity index (χ0v) is 16.2. The Morgan fingerprint density at radius 1 is 0.929 bits per heavy atom. The van der Waals surface area contributed by atoms with Gasteiger partial charge in [-0.1, -0.05) is 6.07 Å². The number of fused-ring (bicyclic) bond motifs is 1. The Morgan fingerprint density at radius 2 is 1.46 bits per heavy atom. The first kappa shape index (κ1) is 18.4. The number of amides is 2. The number of anilines is 2. The van der Waals surface area contributed by atoms with Crippen LogP contribution in [0.5, 0.6) is 0 Å². The van der Waals surface area contributed by atoms with E-state index in [-0.39, 0.29) is 23.2 Å². The average Bonchev–Trinajstić information content (AvgIpc) is 3.06. The largest absolute Gasteiger partial charge is 0.329 e. The molecule has 2 saturated heterocycles. The first-order valence-electron chi connectivity index (χ1n) is 8.82. The maximum atomic E-state index is 13.3. The molecule has 2 aliphatic rings. The summed E-state index contributed by atoms with van der Waals surface area (Å²) in [6.07, 6.45) is 0. The van der Waals surface area contributed by atoms with Crippen LogP contribution < -0.4 is 9.80 Å². The fourth-order valence-corrected chi connectivity index (χ4v) is 5.84. The maximum absolute atomic E-state index is 13.3. The van der Waals surface area contributed by atoms with Crippen LogP contribution in [-0.2, 0) is 9.84 Å². The van der Waals surface area contributed by atoms with E-state index in [1.807, 2.05) is 32.0 Å². The lowest BCUT2D eigenvalue weighted by Crippen LogP contribution is -2.38. The average molecular weight is 401 g/mol. The molecule has 2 aromatic rings. The molecule has 146 valence electrons. The molecule has 0 aromatic heterocycles. The van der Waals surface area contributed by atoms with Gasteiger partial charge in [0.15, 0.2) is 9.84 Å². The molecule has 2 aromatic carbocycles. The molecule has 0 unspecified atom stereocenters. The van der Waals surface area contributed by atoms with E-state index in [4.69, 9.17) is 0 Å². The molecule has 4 rings (SSSR count). The number of urea groups is 1. The SMILES string of the molecule is Cc1ccc(N2C(=O)N(c3ccc([N+](=O)[O-])cc3)[C@@H]3CS(=O)(=O)C[C@@H]32)cc1C. The fraction of sp³-hybridized carbons (Fsp3) is 0.316. The molecule has 2 amide bonds. The van der Waals surface area contributed by atoms with Crippen molar-refractivity contribution in [3.8, 4) is 0 Å². The van der Waals surface area contributed by atoms with Crippen LogP contribution >= 0.6 is 0 Å². The van der Waals surface area contributed by atoms with Gasteiger partial charge in [-0.3, -0.25) is 19.9 Å². The Labute approximate surface area is 162 Å². The van der Waals surface area contributed by atoms with Crippen molar-refractivity contribution in [2.24, 2.45) is 0 Å². The molecule has 2 fully saturated rings. The van der Waals surface area contributed by atoms with E-state index in [0.29, 0.717) is 11.4 Å². The molecule has 2 atom stereocenters. The van der Waals surface area contributed by atoms with E-state index < -0.39 is 26.8 Å². The lowest BCUT2D eigenvalue weighted by Gasteiger charge is -2.23. The smallest absolute Gasteiger partial charge is 0.288 e. The fourth-order valence-electron chi connectivity index (χ4n) is 3.92. The summed E-state index contributed by atoms with van der Waals surface area (Å²) in [5.41, 5.74) is 3.12. The van der Waals surface area contributed by atoms with Gasteiger partial charge in [-0.05, 0) is 49.2 Å². The molecular weight excluding hydrogens is 382 g/mol. The van der Waals surface area contributed by atoms with Crippen molar-refractivity contribution in [2.75, 3.05) is 21.3 Å². The van der Waals surface area contributed by atoms with Crippen LogP contribution in [0.4, 0.5) is 21.9 Å². The van der Waals surface area contributed by atoms with E-state index >= 15 is 0 Å². The summed E-state index contributed by atoms with van der Waals surface area (Å²) in [5, 5.41) is 10.9. The molecule has 0 saturated carbocycles. The number of nitro groups is 1. The molecule has 2 aliphatic heterocycles. The summed E-state index contributed by atoms with van der Waals surface area (Å²) < 4.78 is 24.6. The number of rotatable bonds is 3. The van der Waals surface area contributed by atoms with E-state index in [9.17, 15) is 23.3 Å². The molecule has 2 heterocycles. The highest BCUT2D eigenvalue weighted by Gasteiger charge is 2.54. The molecule has 0 spiro atoms. The molecule has 28 heavy (non-hydrogen) atoms. The standard InChI is InChI=1S/C19H19N3O5S/c1-12-3-4-16(9-13(12)2)21-18-11-28(26,27)10-17(18)20(19(21)23)14-5-7-15(8-6-14)22(24)25/h3-9,17-18H,10-11H2,1-2H3/t17-,18+/m1/s1. The lowest BCUT2D eigenvalue weighted by molar-refractivity contribution is -0.384. The van der Waals surface area contributed by atoms with Gasteiger partial charge in [0.1, 0.15) is 0 Å². The molecule has 0 bridgehead atoms. The highest BCUT2D eigenvalue weighted by atomic mass is 32.2. The first-order valence-corrected chi connectivity index (χ1v) is 10.6. The number of non-ortho nitro benzene ring substituents is 1. The minimum Gasteiger partial charge on any atom is -0.288 e. The summed E-state index contributed by atoms with van der Waals surface area (Å²) >= 11 is 0. The summed E-state index contributed by atoms with van der Waals surface area (Å²) in [7, 11) is -3.29. The van der Waals surface area contributed by atoms with Gasteiger partial charge in [0.2, 0.25) is 0 Å². The first-order chi connectivity index (χ1) is 13.2. The van der Waals surface area contributed by atoms with Crippen LogP contribution in [0.1, 0.15) is 11.1 Å². The zero-order valence-electron chi connectivity index (χ0n) is 15.4. The van der Waals surface area contributed by atoms with Crippen LogP contribution in [0.2, 0.25) is 0 Å². The maximum Gasteiger partial charge on any atom is 0.329 e. The van der Waals surface area contributed by atoms with Gasteiger partial charge in [0.25, 0.3) is 5.69 Å². The second-order valence-electron chi connectivity index (χ2n) is 7.28. The predicted molar refractivity (Wildman–Crippen MR) is 106 cm³/mol. The quantitative estimate of drug-likeness (QED) is 0.447. The van der Waals surface area contributed by atoms with Gasteiger partial charge in [-0.2, -0.15) is 0 Å². The Morgan fingerprint density at radius 3 is 2.00 bits per heavy atom. The van der Waals surface area contributed by atoms with Gasteiger partial charge in [-0.15, -0.1) is 0 Å². The number of carbonyl (C=O) groups is 1. The highest BCUT2D eigenvalue weighted by Crippen LogP contribution is 2.38. The zero-order chi connectivity index (χ0) is 20.2. The van der Waals surface area contributed by atoms with Gasteiger partial charge in [0.05, 0.1) is 28.5 Å². The minimum absolute atomic E-state index is 0.0861. The van der Waals surface area contributed by atoms with Crippen molar-refractivity contribution in [1.29, 1.82) is 0 Å². The Balaban J connectivity index is 1.78. The van der Waals surface area contributed by atoms with E-state index in [0.717, 1.165) is 11.1 Å². The van der Waals surface area contributed by atoms with E-state index in [2.05, 4.69) is 0 Å². The molecule has 0 radical (unpaired) electrons. The number of aryl methyl sites for hydroxylation is 2. The van der Waals surface area contributed by atoms with Gasteiger partial charge in [-0.25, -0.2) is 13.2 Å². The Kier molecular flexibility index (Phi) is 4.15. The summed E-state index contributed by atoms with van der Waals surface area (Å²) in [4.78, 5) is 26.7. The molecular formula is C19H19N3O5S. The van der Waals surface area contributed by atoms with Crippen molar-refractivity contribution in [1.82, 2.24) is 0 Å². The normalized spacial score (nSPS) is 23.1. The van der Waals surface area contributed by atoms with Crippen LogP contribution in [0, 0.1) is 24.0 Å². The van der Waals surface area contributed by atoms with E-state index in [1.54, 1.807) is 4.90 Å². The van der Waals surface area contributed by atoms with Crippen molar-refractivity contribution < 1.29 is 18.1 Å². The molecule has 9 heteroatoms. The number of hydrogen-bond donors (Lipinski definition) is 0. The highest BCUT2D eigenvalue weighted by molar-refractivity contribution is 7.91. The summed E-state index contributed by atoms with van der Waals surface area (Å²) in [6.45, 7) is 3.91. The predicted octanol–water partition coefficient (Wildman–Crippen LogP) is 2.82. The second-order valence-corrected chi connectivity index (χ2v) is 9.43.